The van der Waals surface area contributed by atoms with Gasteiger partial charge in [-0.2, -0.15) is 0 Å². The molecule has 1 aliphatic carbocycles. The first-order valence-corrected chi connectivity index (χ1v) is 7.91. The molecule has 1 saturated carbocycles. The molecule has 1 aromatic rings. The first-order chi connectivity index (χ1) is 9.80. The van der Waals surface area contributed by atoms with Crippen LogP contribution in [0.25, 0.3) is 0 Å². The van der Waals surface area contributed by atoms with E-state index in [1.165, 1.54) is 25.7 Å². The summed E-state index contributed by atoms with van der Waals surface area (Å²) in [5.74, 6) is 0.562. The number of hydrogen-bond donors (Lipinski definition) is 1. The molecule has 4 nitrogen and oxygen atoms in total. The summed E-state index contributed by atoms with van der Waals surface area (Å²) in [4.78, 5) is 4.53. The van der Waals surface area contributed by atoms with Gasteiger partial charge < -0.3 is 15.0 Å². The number of pyridine rings is 1. The Hall–Kier alpha value is -1.07. The SMILES string of the molecule is CC1(C)OB(c2cc(C3CCCC3)ncc2N)OC1(C)C. The van der Waals surface area contributed by atoms with Gasteiger partial charge in [-0.05, 0) is 46.6 Å². The third-order valence-corrected chi connectivity index (χ3v) is 5.27. The van der Waals surface area contributed by atoms with Crippen molar-refractivity contribution >= 4 is 18.3 Å². The van der Waals surface area contributed by atoms with Gasteiger partial charge in [-0.25, -0.2) is 0 Å². The lowest BCUT2D eigenvalue weighted by molar-refractivity contribution is 0.00578. The van der Waals surface area contributed by atoms with Crippen LogP contribution in [-0.4, -0.2) is 23.3 Å². The van der Waals surface area contributed by atoms with E-state index in [-0.39, 0.29) is 11.2 Å². The molecule has 2 aliphatic rings. The Morgan fingerprint density at radius 3 is 2.29 bits per heavy atom. The summed E-state index contributed by atoms with van der Waals surface area (Å²) < 4.78 is 12.2. The van der Waals surface area contributed by atoms with E-state index in [0.29, 0.717) is 11.6 Å². The minimum atomic E-state index is -0.404. The molecule has 0 amide bonds. The van der Waals surface area contributed by atoms with Crippen molar-refractivity contribution in [2.24, 2.45) is 0 Å². The third kappa shape index (κ3) is 2.57. The van der Waals surface area contributed by atoms with E-state index < -0.39 is 7.12 Å². The summed E-state index contributed by atoms with van der Waals surface area (Å²) in [5.41, 5.74) is 8.13. The zero-order valence-electron chi connectivity index (χ0n) is 13.5. The van der Waals surface area contributed by atoms with Crippen LogP contribution in [0.2, 0.25) is 0 Å². The average Bonchev–Trinajstić information content (AvgIpc) is 2.97. The number of aromatic nitrogens is 1. The maximum atomic E-state index is 6.12. The van der Waals surface area contributed by atoms with Gasteiger partial charge in [0.1, 0.15) is 0 Å². The van der Waals surface area contributed by atoms with Crippen LogP contribution in [0.4, 0.5) is 5.69 Å². The molecular formula is C16H25BN2O2. The lowest BCUT2D eigenvalue weighted by Gasteiger charge is -2.32. The van der Waals surface area contributed by atoms with Crippen molar-refractivity contribution < 1.29 is 9.31 Å². The lowest BCUT2D eigenvalue weighted by atomic mass is 9.77. The predicted molar refractivity (Wildman–Crippen MR) is 85.6 cm³/mol. The molecule has 114 valence electrons. The Morgan fingerprint density at radius 2 is 1.71 bits per heavy atom. The fourth-order valence-corrected chi connectivity index (χ4v) is 3.12. The number of nitrogen functional groups attached to an aromatic ring is 1. The molecule has 0 aromatic carbocycles. The topological polar surface area (TPSA) is 57.4 Å². The van der Waals surface area contributed by atoms with E-state index in [0.717, 1.165) is 11.2 Å². The second kappa shape index (κ2) is 4.99. The molecule has 3 rings (SSSR count). The molecule has 0 unspecified atom stereocenters. The number of nitrogens with two attached hydrogens (primary N) is 1. The number of nitrogens with zero attached hydrogens (tertiary/aromatic N) is 1. The molecule has 1 saturated heterocycles. The van der Waals surface area contributed by atoms with Crippen LogP contribution in [0, 0.1) is 0 Å². The largest absolute Gasteiger partial charge is 0.497 e. The van der Waals surface area contributed by atoms with Crippen molar-refractivity contribution in [1.82, 2.24) is 4.98 Å². The van der Waals surface area contributed by atoms with Crippen LogP contribution in [0.1, 0.15) is 65.0 Å². The Balaban J connectivity index is 1.90. The van der Waals surface area contributed by atoms with Crippen molar-refractivity contribution in [3.63, 3.8) is 0 Å². The smallest absolute Gasteiger partial charge is 0.399 e. The van der Waals surface area contributed by atoms with Gasteiger partial charge in [-0.1, -0.05) is 12.8 Å². The van der Waals surface area contributed by atoms with Gasteiger partial charge in [-0.15, -0.1) is 0 Å². The molecular weight excluding hydrogens is 263 g/mol. The van der Waals surface area contributed by atoms with E-state index in [1.807, 2.05) is 0 Å². The van der Waals surface area contributed by atoms with Gasteiger partial charge in [0, 0.05) is 29.0 Å². The normalized spacial score (nSPS) is 24.7. The van der Waals surface area contributed by atoms with Crippen LogP contribution in [-0.2, 0) is 9.31 Å². The van der Waals surface area contributed by atoms with Crippen molar-refractivity contribution in [3.05, 3.63) is 18.0 Å². The van der Waals surface area contributed by atoms with E-state index in [2.05, 4.69) is 38.7 Å². The highest BCUT2D eigenvalue weighted by Gasteiger charge is 2.52. The Morgan fingerprint density at radius 1 is 1.14 bits per heavy atom. The Bertz CT molecular complexity index is 523. The van der Waals surface area contributed by atoms with Crippen LogP contribution < -0.4 is 11.2 Å². The lowest BCUT2D eigenvalue weighted by Crippen LogP contribution is -2.41. The van der Waals surface area contributed by atoms with E-state index in [1.54, 1.807) is 6.20 Å². The molecule has 21 heavy (non-hydrogen) atoms. The summed E-state index contributed by atoms with van der Waals surface area (Å²) in [6, 6.07) is 2.09. The van der Waals surface area contributed by atoms with Crippen molar-refractivity contribution in [2.75, 3.05) is 5.73 Å². The van der Waals surface area contributed by atoms with Crippen molar-refractivity contribution in [1.29, 1.82) is 0 Å². The summed E-state index contributed by atoms with van der Waals surface area (Å²) in [5, 5.41) is 0. The molecule has 5 heteroatoms. The Labute approximate surface area is 127 Å². The standard InChI is InChI=1S/C16H25BN2O2/c1-15(2)16(3,4)21-17(20-15)12-9-14(19-10-13(12)18)11-7-5-6-8-11/h9-11H,5-8,18H2,1-4H3. The Kier molecular flexibility index (Phi) is 3.53. The second-order valence-electron chi connectivity index (χ2n) is 7.31. The van der Waals surface area contributed by atoms with E-state index in [4.69, 9.17) is 15.0 Å². The number of hydrogen-bond acceptors (Lipinski definition) is 4. The minimum absolute atomic E-state index is 0.346. The quantitative estimate of drug-likeness (QED) is 0.850. The summed E-state index contributed by atoms with van der Waals surface area (Å²) >= 11 is 0. The zero-order valence-corrected chi connectivity index (χ0v) is 13.5. The molecule has 1 aromatic heterocycles. The van der Waals surface area contributed by atoms with Crippen LogP contribution >= 0.6 is 0 Å². The second-order valence-corrected chi connectivity index (χ2v) is 7.31. The fraction of sp³-hybridized carbons (Fsp3) is 0.688. The molecule has 0 bridgehead atoms. The number of rotatable bonds is 2. The molecule has 2 fully saturated rings. The predicted octanol–water partition coefficient (Wildman–Crippen LogP) is 2.62. The van der Waals surface area contributed by atoms with Gasteiger partial charge in [0.25, 0.3) is 0 Å². The highest BCUT2D eigenvalue weighted by molar-refractivity contribution is 6.63. The highest BCUT2D eigenvalue weighted by Crippen LogP contribution is 2.37. The third-order valence-electron chi connectivity index (χ3n) is 5.27. The van der Waals surface area contributed by atoms with Crippen LogP contribution in [0.5, 0.6) is 0 Å². The average molecular weight is 288 g/mol. The first kappa shape index (κ1) is 14.9. The highest BCUT2D eigenvalue weighted by atomic mass is 16.7. The van der Waals surface area contributed by atoms with Crippen molar-refractivity contribution in [2.45, 2.75) is 70.5 Å². The zero-order chi connectivity index (χ0) is 15.3. The van der Waals surface area contributed by atoms with Gasteiger partial charge >= 0.3 is 7.12 Å². The van der Waals surface area contributed by atoms with Gasteiger partial charge in [0.15, 0.2) is 0 Å². The molecule has 0 spiro atoms. The molecule has 2 N–H and O–H groups in total. The van der Waals surface area contributed by atoms with Crippen LogP contribution in [0.3, 0.4) is 0 Å². The summed E-state index contributed by atoms with van der Waals surface area (Å²) in [6.07, 6.45) is 6.79. The van der Waals surface area contributed by atoms with E-state index in [9.17, 15) is 0 Å². The van der Waals surface area contributed by atoms with E-state index >= 15 is 0 Å². The van der Waals surface area contributed by atoms with Gasteiger partial charge in [-0.3, -0.25) is 4.98 Å². The first-order valence-electron chi connectivity index (χ1n) is 7.91. The molecule has 0 radical (unpaired) electrons. The van der Waals surface area contributed by atoms with Gasteiger partial charge in [0.05, 0.1) is 11.2 Å². The molecule has 0 atom stereocenters. The monoisotopic (exact) mass is 288 g/mol. The minimum Gasteiger partial charge on any atom is -0.399 e. The molecule has 1 aliphatic heterocycles. The number of anilines is 1. The maximum Gasteiger partial charge on any atom is 0.497 e. The van der Waals surface area contributed by atoms with Crippen LogP contribution in [0.15, 0.2) is 12.3 Å². The maximum absolute atomic E-state index is 6.12. The molecule has 2 heterocycles. The van der Waals surface area contributed by atoms with Crippen molar-refractivity contribution in [3.8, 4) is 0 Å². The fourth-order valence-electron chi connectivity index (χ4n) is 3.12. The summed E-state index contributed by atoms with van der Waals surface area (Å²) in [7, 11) is -0.404. The summed E-state index contributed by atoms with van der Waals surface area (Å²) in [6.45, 7) is 8.23. The van der Waals surface area contributed by atoms with Gasteiger partial charge in [0.2, 0.25) is 0 Å².